The number of aliphatic hydroxyl groups excluding tert-OH is 1. The molecule has 75 heavy (non-hydrogen) atoms. The largest absolute Gasteiger partial charge is 0.472 e. The molecule has 0 aliphatic heterocycles. The van der Waals surface area contributed by atoms with Crippen LogP contribution < -0.4 is 5.32 Å². The highest BCUT2D eigenvalue weighted by Gasteiger charge is 2.27. The van der Waals surface area contributed by atoms with Crippen LogP contribution in [0.25, 0.3) is 0 Å². The van der Waals surface area contributed by atoms with Gasteiger partial charge in [0.1, 0.15) is 13.2 Å². The Hall–Kier alpha value is -2.32. The summed E-state index contributed by atoms with van der Waals surface area (Å²) in [5, 5.41) is 13.9. The number of hydrogen-bond acceptors (Lipinski definition) is 5. The molecule has 0 aromatic heterocycles. The van der Waals surface area contributed by atoms with Crippen molar-refractivity contribution in [3.05, 3.63) is 85.1 Å². The molecule has 0 saturated carbocycles. The van der Waals surface area contributed by atoms with Crippen LogP contribution >= 0.6 is 7.82 Å². The van der Waals surface area contributed by atoms with E-state index in [1.807, 2.05) is 27.2 Å². The molecule has 436 valence electrons. The van der Waals surface area contributed by atoms with Gasteiger partial charge in [-0.3, -0.25) is 13.8 Å². The van der Waals surface area contributed by atoms with Gasteiger partial charge in [-0.1, -0.05) is 272 Å². The standard InChI is InChI=1S/C66H121N2O6P/c1-6-8-10-12-14-16-18-20-22-24-26-28-30-32-33-34-36-37-39-41-43-45-47-49-51-53-55-57-59-65(69)64(63-74-75(71,72)73-62-61-68(3,4)5)67-66(70)60-58-56-54-52-50-48-46-44-42-40-38-35-31-29-27-25-23-21-19-17-15-13-11-9-7-2/h9,11,15,17,21,23,27,29,41,43,49,51,57,59,64-65,69H,6-8,10,12-14,16,18-20,22,24-26,28,30-40,42,44-48,50,52-56,58,60-63H2,1-5H3,(H-,67,70,71,72)/p+1/b11-9-,17-15-,23-21-,29-27-,43-41+,51-49+,59-57+. The SMILES string of the molecule is CC/C=C\C/C=C\C/C=C\C/C=C\CCCCCCCCCCCCCCC(=O)NC(COP(=O)(O)OCC[N+](C)(C)C)C(O)/C=C/CC/C=C/CC/C=C/CCCCCCCCCCCCCCCCCCCC. The molecule has 0 heterocycles. The van der Waals surface area contributed by atoms with Crippen LogP contribution in [0.4, 0.5) is 0 Å². The number of unbranched alkanes of at least 4 members (excludes halogenated alkanes) is 32. The Morgan fingerprint density at radius 1 is 0.467 bits per heavy atom. The minimum Gasteiger partial charge on any atom is -0.387 e. The topological polar surface area (TPSA) is 105 Å². The molecular formula is C66H122N2O6P+. The summed E-state index contributed by atoms with van der Waals surface area (Å²) >= 11 is 0. The van der Waals surface area contributed by atoms with E-state index >= 15 is 0 Å². The number of phosphoric acid groups is 1. The molecule has 0 saturated heterocycles. The summed E-state index contributed by atoms with van der Waals surface area (Å²) in [5.41, 5.74) is 0. The maximum atomic E-state index is 13.0. The number of phosphoric ester groups is 1. The number of nitrogens with zero attached hydrogens (tertiary/aromatic N) is 1. The quantitative estimate of drug-likeness (QED) is 0.0243. The van der Waals surface area contributed by atoms with Crippen LogP contribution in [0.3, 0.4) is 0 Å². The summed E-state index contributed by atoms with van der Waals surface area (Å²) < 4.78 is 23.7. The van der Waals surface area contributed by atoms with Crippen molar-refractivity contribution in [2.75, 3.05) is 40.9 Å². The Bertz CT molecular complexity index is 1500. The average Bonchev–Trinajstić information content (AvgIpc) is 3.37. The Balaban J connectivity index is 4.23. The first kappa shape index (κ1) is 72.7. The van der Waals surface area contributed by atoms with Gasteiger partial charge in [-0.25, -0.2) is 4.57 Å². The van der Waals surface area contributed by atoms with E-state index in [4.69, 9.17) is 9.05 Å². The smallest absolute Gasteiger partial charge is 0.387 e. The predicted molar refractivity (Wildman–Crippen MR) is 327 cm³/mol. The number of carbonyl (C=O) groups is 1. The van der Waals surface area contributed by atoms with Crippen molar-refractivity contribution < 1.29 is 32.9 Å². The first-order chi connectivity index (χ1) is 36.5. The third-order valence-corrected chi connectivity index (χ3v) is 14.8. The molecule has 0 spiro atoms. The Morgan fingerprint density at radius 2 is 0.813 bits per heavy atom. The van der Waals surface area contributed by atoms with Gasteiger partial charge in [0.25, 0.3) is 0 Å². The van der Waals surface area contributed by atoms with Crippen molar-refractivity contribution >= 4 is 13.7 Å². The molecule has 0 rings (SSSR count). The van der Waals surface area contributed by atoms with Gasteiger partial charge < -0.3 is 19.8 Å². The number of hydrogen-bond donors (Lipinski definition) is 3. The molecule has 3 unspecified atom stereocenters. The van der Waals surface area contributed by atoms with Crippen LogP contribution in [0.5, 0.6) is 0 Å². The summed E-state index contributed by atoms with van der Waals surface area (Å²) in [7, 11) is 1.54. The fraction of sp³-hybridized carbons (Fsp3) is 0.773. The van der Waals surface area contributed by atoms with Gasteiger partial charge >= 0.3 is 7.82 Å². The van der Waals surface area contributed by atoms with Crippen molar-refractivity contribution in [3.63, 3.8) is 0 Å². The highest BCUT2D eigenvalue weighted by atomic mass is 31.2. The van der Waals surface area contributed by atoms with Crippen LogP contribution in [0.2, 0.25) is 0 Å². The number of nitrogens with one attached hydrogen (secondary N) is 1. The van der Waals surface area contributed by atoms with E-state index in [1.54, 1.807) is 6.08 Å². The molecule has 0 aromatic carbocycles. The molecule has 9 heteroatoms. The molecule has 3 N–H and O–H groups in total. The molecule has 0 aliphatic carbocycles. The zero-order valence-corrected chi connectivity index (χ0v) is 50.7. The molecule has 8 nitrogen and oxygen atoms in total. The number of allylic oxidation sites excluding steroid dienone is 13. The van der Waals surface area contributed by atoms with Crippen molar-refractivity contribution in [2.24, 2.45) is 0 Å². The maximum absolute atomic E-state index is 13.0. The first-order valence-corrected chi connectivity index (χ1v) is 33.0. The third kappa shape index (κ3) is 59.2. The number of quaternary nitrogens is 1. The minimum absolute atomic E-state index is 0.0500. The van der Waals surface area contributed by atoms with Crippen LogP contribution in [0.15, 0.2) is 85.1 Å². The number of likely N-dealkylation sites (N-methyl/N-ethyl adjacent to an activating group) is 1. The second-order valence-corrected chi connectivity index (χ2v) is 23.8. The summed E-state index contributed by atoms with van der Waals surface area (Å²) in [6, 6.07) is -0.877. The molecule has 3 atom stereocenters. The number of carbonyl (C=O) groups excluding carboxylic acids is 1. The van der Waals surface area contributed by atoms with E-state index in [2.05, 4.69) is 92.1 Å². The van der Waals surface area contributed by atoms with Gasteiger partial charge in [-0.05, 0) is 83.5 Å². The van der Waals surface area contributed by atoms with Crippen LogP contribution in [0.1, 0.15) is 277 Å². The summed E-state index contributed by atoms with van der Waals surface area (Å²) in [4.78, 5) is 23.4. The molecular weight excluding hydrogens is 948 g/mol. The summed E-state index contributed by atoms with van der Waals surface area (Å²) in [5.74, 6) is -0.194. The van der Waals surface area contributed by atoms with Crippen LogP contribution in [-0.4, -0.2) is 73.4 Å². The zero-order valence-electron chi connectivity index (χ0n) is 49.8. The average molecular weight is 1070 g/mol. The van der Waals surface area contributed by atoms with Crippen molar-refractivity contribution in [3.8, 4) is 0 Å². The van der Waals surface area contributed by atoms with E-state index in [0.29, 0.717) is 17.4 Å². The highest BCUT2D eigenvalue weighted by Crippen LogP contribution is 2.43. The van der Waals surface area contributed by atoms with Crippen molar-refractivity contribution in [2.45, 2.75) is 289 Å². The van der Waals surface area contributed by atoms with Gasteiger partial charge in [-0.2, -0.15) is 0 Å². The van der Waals surface area contributed by atoms with E-state index in [0.717, 1.165) is 70.6 Å². The summed E-state index contributed by atoms with van der Waals surface area (Å²) in [6.07, 6.45) is 79.9. The lowest BCUT2D eigenvalue weighted by atomic mass is 10.0. The molecule has 0 bridgehead atoms. The van der Waals surface area contributed by atoms with Crippen LogP contribution in [-0.2, 0) is 18.4 Å². The number of rotatable bonds is 57. The van der Waals surface area contributed by atoms with Crippen LogP contribution in [0, 0.1) is 0 Å². The molecule has 1 amide bonds. The first-order valence-electron chi connectivity index (χ1n) is 31.5. The van der Waals surface area contributed by atoms with E-state index < -0.39 is 20.0 Å². The normalized spacial score (nSPS) is 14.4. The lowest BCUT2D eigenvalue weighted by molar-refractivity contribution is -0.870. The third-order valence-electron chi connectivity index (χ3n) is 13.8. The molecule has 0 aliphatic rings. The van der Waals surface area contributed by atoms with Gasteiger partial charge in [-0.15, -0.1) is 0 Å². The van der Waals surface area contributed by atoms with E-state index in [1.165, 1.54) is 186 Å². The molecule has 0 radical (unpaired) electrons. The lowest BCUT2D eigenvalue weighted by Gasteiger charge is -2.25. The predicted octanol–water partition coefficient (Wildman–Crippen LogP) is 19.6. The number of aliphatic hydroxyl groups is 1. The lowest BCUT2D eigenvalue weighted by Crippen LogP contribution is -2.45. The Kier molecular flexibility index (Phi) is 54.7. The van der Waals surface area contributed by atoms with Gasteiger partial charge in [0, 0.05) is 6.42 Å². The Labute approximate surface area is 465 Å². The monoisotopic (exact) mass is 1070 g/mol. The number of amides is 1. The highest BCUT2D eigenvalue weighted by molar-refractivity contribution is 7.47. The van der Waals surface area contributed by atoms with Crippen molar-refractivity contribution in [1.82, 2.24) is 5.32 Å². The second-order valence-electron chi connectivity index (χ2n) is 22.4. The van der Waals surface area contributed by atoms with E-state index in [9.17, 15) is 19.4 Å². The second kappa shape index (κ2) is 56.4. The van der Waals surface area contributed by atoms with Crippen molar-refractivity contribution in [1.29, 1.82) is 0 Å². The van der Waals surface area contributed by atoms with Gasteiger partial charge in [0.15, 0.2) is 0 Å². The maximum Gasteiger partial charge on any atom is 0.472 e. The summed E-state index contributed by atoms with van der Waals surface area (Å²) in [6.45, 7) is 4.69. The fourth-order valence-electron chi connectivity index (χ4n) is 8.95. The van der Waals surface area contributed by atoms with Gasteiger partial charge in [0.2, 0.25) is 5.91 Å². The Morgan fingerprint density at radius 3 is 1.23 bits per heavy atom. The molecule has 0 fully saturated rings. The van der Waals surface area contributed by atoms with Gasteiger partial charge in [0.05, 0.1) is 39.9 Å². The molecule has 0 aromatic rings. The fourth-order valence-corrected chi connectivity index (χ4v) is 9.69. The van der Waals surface area contributed by atoms with E-state index in [-0.39, 0.29) is 19.1 Å². The zero-order chi connectivity index (χ0) is 54.9. The minimum atomic E-state index is -4.37.